The quantitative estimate of drug-likeness (QED) is 0.314. The lowest BCUT2D eigenvalue weighted by atomic mass is 9.95. The highest BCUT2D eigenvalue weighted by molar-refractivity contribution is 9.10. The Morgan fingerprint density at radius 3 is 2.62 bits per heavy atom. The van der Waals surface area contributed by atoms with Crippen LogP contribution in [-0.4, -0.2) is 29.3 Å². The van der Waals surface area contributed by atoms with Crippen molar-refractivity contribution in [2.24, 2.45) is 4.99 Å². The standard InChI is InChI=1S/C27H21BrClN3O4S/c1-15-23(26(34)36-3)24(20-13-17(29)8-11-21(20)35-2)32-25(33)22(37-27(32)30-15)14-19-5-4-12-31(19)18-9-6-16(28)7-10-18/h4-14,24H,1-3H3/b22-14-/t24-/m0/s1. The van der Waals surface area contributed by atoms with Crippen LogP contribution in [0.5, 0.6) is 5.75 Å². The number of rotatable bonds is 5. The minimum atomic E-state index is -0.822. The maximum absolute atomic E-state index is 13.9. The van der Waals surface area contributed by atoms with E-state index in [1.807, 2.05) is 53.2 Å². The lowest BCUT2D eigenvalue weighted by molar-refractivity contribution is -0.136. The molecular formula is C27H21BrClN3O4S. The van der Waals surface area contributed by atoms with E-state index in [-0.39, 0.29) is 11.1 Å². The first kappa shape index (κ1) is 25.3. The molecule has 2 aromatic carbocycles. The van der Waals surface area contributed by atoms with E-state index in [1.54, 1.807) is 25.1 Å². The van der Waals surface area contributed by atoms with Gasteiger partial charge in [0.25, 0.3) is 5.56 Å². The number of thiazole rings is 1. The van der Waals surface area contributed by atoms with Crippen molar-refractivity contribution in [3.63, 3.8) is 0 Å². The lowest BCUT2D eigenvalue weighted by Crippen LogP contribution is -2.40. The third kappa shape index (κ3) is 4.58. The molecule has 0 bridgehead atoms. The smallest absolute Gasteiger partial charge is 0.338 e. The predicted molar refractivity (Wildman–Crippen MR) is 147 cm³/mol. The molecule has 188 valence electrons. The first-order valence-corrected chi connectivity index (χ1v) is 13.2. The molecule has 0 saturated heterocycles. The van der Waals surface area contributed by atoms with Crippen LogP contribution in [0, 0.1) is 0 Å². The van der Waals surface area contributed by atoms with Gasteiger partial charge in [0.1, 0.15) is 11.8 Å². The van der Waals surface area contributed by atoms with Gasteiger partial charge in [-0.25, -0.2) is 9.79 Å². The van der Waals surface area contributed by atoms with Crippen LogP contribution in [0.25, 0.3) is 11.8 Å². The molecule has 4 aromatic rings. The molecule has 1 atom stereocenters. The zero-order valence-electron chi connectivity index (χ0n) is 20.1. The fraction of sp³-hybridized carbons (Fsp3) is 0.148. The summed E-state index contributed by atoms with van der Waals surface area (Å²) < 4.78 is 15.6. The molecule has 0 aliphatic carbocycles. The first-order chi connectivity index (χ1) is 17.8. The third-order valence-electron chi connectivity index (χ3n) is 6.08. The number of esters is 1. The average molecular weight is 599 g/mol. The number of methoxy groups -OCH3 is 2. The van der Waals surface area contributed by atoms with Gasteiger partial charge in [-0.1, -0.05) is 38.9 Å². The molecule has 0 amide bonds. The van der Waals surface area contributed by atoms with E-state index in [2.05, 4.69) is 20.9 Å². The van der Waals surface area contributed by atoms with Gasteiger partial charge in [-0.15, -0.1) is 0 Å². The molecule has 0 spiro atoms. The van der Waals surface area contributed by atoms with Gasteiger partial charge in [0.05, 0.1) is 30.0 Å². The first-order valence-electron chi connectivity index (χ1n) is 11.2. The van der Waals surface area contributed by atoms with Crippen molar-refractivity contribution < 1.29 is 14.3 Å². The fourth-order valence-corrected chi connectivity index (χ4v) is 5.86. The second-order valence-electron chi connectivity index (χ2n) is 8.24. The number of hydrogen-bond donors (Lipinski definition) is 0. The van der Waals surface area contributed by atoms with Gasteiger partial charge < -0.3 is 14.0 Å². The van der Waals surface area contributed by atoms with E-state index < -0.39 is 12.0 Å². The summed E-state index contributed by atoms with van der Waals surface area (Å²) in [6.07, 6.45) is 3.76. The summed E-state index contributed by atoms with van der Waals surface area (Å²) in [5.41, 5.74) is 2.78. The number of benzene rings is 2. The molecule has 0 unspecified atom stereocenters. The number of hydrogen-bond acceptors (Lipinski definition) is 6. The maximum Gasteiger partial charge on any atom is 0.338 e. The lowest BCUT2D eigenvalue weighted by Gasteiger charge is -2.25. The Morgan fingerprint density at radius 1 is 1.16 bits per heavy atom. The highest BCUT2D eigenvalue weighted by Gasteiger charge is 2.35. The van der Waals surface area contributed by atoms with Crippen LogP contribution in [0.2, 0.25) is 5.02 Å². The largest absolute Gasteiger partial charge is 0.496 e. The van der Waals surface area contributed by atoms with Gasteiger partial charge in [0, 0.05) is 32.6 Å². The summed E-state index contributed by atoms with van der Waals surface area (Å²) in [5.74, 6) is -0.0872. The van der Waals surface area contributed by atoms with Gasteiger partial charge in [0.15, 0.2) is 4.80 Å². The molecule has 7 nitrogen and oxygen atoms in total. The third-order valence-corrected chi connectivity index (χ3v) is 7.82. The number of halogens is 2. The summed E-state index contributed by atoms with van der Waals surface area (Å²) in [4.78, 5) is 31.9. The molecular weight excluding hydrogens is 578 g/mol. The van der Waals surface area contributed by atoms with Crippen LogP contribution in [0.1, 0.15) is 24.2 Å². The summed E-state index contributed by atoms with van der Waals surface area (Å²) in [6.45, 7) is 1.73. The van der Waals surface area contributed by atoms with Crippen LogP contribution < -0.4 is 19.6 Å². The molecule has 37 heavy (non-hydrogen) atoms. The van der Waals surface area contributed by atoms with Crippen molar-refractivity contribution in [3.8, 4) is 11.4 Å². The van der Waals surface area contributed by atoms with Crippen LogP contribution in [0.4, 0.5) is 0 Å². The minimum absolute atomic E-state index is 0.250. The molecule has 10 heteroatoms. The number of allylic oxidation sites excluding steroid dienone is 1. The van der Waals surface area contributed by atoms with Crippen molar-refractivity contribution in [2.75, 3.05) is 14.2 Å². The van der Waals surface area contributed by atoms with Gasteiger partial charge in [-0.3, -0.25) is 9.36 Å². The zero-order chi connectivity index (χ0) is 26.3. The highest BCUT2D eigenvalue weighted by Crippen LogP contribution is 2.37. The van der Waals surface area contributed by atoms with E-state index in [0.717, 1.165) is 15.9 Å². The molecule has 2 aromatic heterocycles. The second-order valence-corrected chi connectivity index (χ2v) is 10.6. The van der Waals surface area contributed by atoms with Crippen LogP contribution >= 0.6 is 38.9 Å². The van der Waals surface area contributed by atoms with Crippen LogP contribution in [0.15, 0.2) is 86.3 Å². The summed E-state index contributed by atoms with van der Waals surface area (Å²) in [6, 6.07) is 16.0. The minimum Gasteiger partial charge on any atom is -0.496 e. The number of ether oxygens (including phenoxy) is 2. The summed E-state index contributed by atoms with van der Waals surface area (Å²) in [5, 5.41) is 0.448. The highest BCUT2D eigenvalue weighted by atomic mass is 79.9. The van der Waals surface area contributed by atoms with Crippen molar-refractivity contribution in [1.82, 2.24) is 9.13 Å². The van der Waals surface area contributed by atoms with Crippen molar-refractivity contribution in [2.45, 2.75) is 13.0 Å². The van der Waals surface area contributed by atoms with E-state index >= 15 is 0 Å². The molecule has 5 rings (SSSR count). The van der Waals surface area contributed by atoms with Crippen molar-refractivity contribution in [3.05, 3.63) is 113 Å². The average Bonchev–Trinajstić information content (AvgIpc) is 3.47. The molecule has 1 aliphatic rings. The molecule has 1 aliphatic heterocycles. The number of carbonyl (C=O) groups is 1. The predicted octanol–water partition coefficient (Wildman–Crippen LogP) is 4.62. The van der Waals surface area contributed by atoms with Gasteiger partial charge in [-0.05, 0) is 67.6 Å². The molecule has 0 radical (unpaired) electrons. The Labute approximate surface area is 229 Å². The summed E-state index contributed by atoms with van der Waals surface area (Å²) >= 11 is 11.1. The van der Waals surface area contributed by atoms with Gasteiger partial charge in [-0.2, -0.15) is 0 Å². The molecule has 0 N–H and O–H groups in total. The number of fused-ring (bicyclic) bond motifs is 1. The Hall–Kier alpha value is -3.40. The van der Waals surface area contributed by atoms with E-state index in [9.17, 15) is 9.59 Å². The Morgan fingerprint density at radius 2 is 1.92 bits per heavy atom. The van der Waals surface area contributed by atoms with E-state index in [4.69, 9.17) is 21.1 Å². The number of aromatic nitrogens is 2. The normalized spacial score (nSPS) is 15.4. The van der Waals surface area contributed by atoms with Crippen molar-refractivity contribution >= 4 is 50.9 Å². The SMILES string of the molecule is COC(=O)C1=C(C)N=c2s/c(=C\c3cccn3-c3ccc(Br)cc3)c(=O)n2[C@H]1c1cc(Cl)ccc1OC. The van der Waals surface area contributed by atoms with Crippen LogP contribution in [-0.2, 0) is 9.53 Å². The van der Waals surface area contributed by atoms with Crippen LogP contribution in [0.3, 0.4) is 0 Å². The Kier molecular flexibility index (Phi) is 6.94. The fourth-order valence-electron chi connectivity index (χ4n) is 4.39. The Balaban J connectivity index is 1.74. The van der Waals surface area contributed by atoms with Gasteiger partial charge >= 0.3 is 5.97 Å². The van der Waals surface area contributed by atoms with Gasteiger partial charge in [0.2, 0.25) is 0 Å². The second kappa shape index (κ2) is 10.2. The molecule has 0 saturated carbocycles. The molecule has 3 heterocycles. The zero-order valence-corrected chi connectivity index (χ0v) is 23.2. The Bertz CT molecular complexity index is 1730. The summed E-state index contributed by atoms with van der Waals surface area (Å²) in [7, 11) is 2.83. The molecule has 0 fully saturated rings. The maximum atomic E-state index is 13.9. The number of nitrogens with zero attached hydrogens (tertiary/aromatic N) is 3. The number of carbonyl (C=O) groups excluding carboxylic acids is 1. The topological polar surface area (TPSA) is 74.8 Å². The van der Waals surface area contributed by atoms with Crippen molar-refractivity contribution in [1.29, 1.82) is 0 Å². The van der Waals surface area contributed by atoms with E-state index in [0.29, 0.717) is 31.4 Å². The monoisotopic (exact) mass is 597 g/mol. The van der Waals surface area contributed by atoms with E-state index in [1.165, 1.54) is 30.1 Å².